The molecule has 0 amide bonds. The number of fused-ring (bicyclic) bond motifs is 1. The summed E-state index contributed by atoms with van der Waals surface area (Å²) in [5, 5.41) is 3.30. The highest BCUT2D eigenvalue weighted by atomic mass is 16.1. The molecule has 0 saturated heterocycles. The first-order chi connectivity index (χ1) is 10.7. The van der Waals surface area contributed by atoms with Crippen molar-refractivity contribution >= 4 is 22.9 Å². The number of imidazole rings is 1. The van der Waals surface area contributed by atoms with Crippen LogP contribution in [-0.2, 0) is 6.54 Å². The number of hydrogen-bond acceptors (Lipinski definition) is 5. The van der Waals surface area contributed by atoms with E-state index >= 15 is 0 Å². The Morgan fingerprint density at radius 1 is 1.32 bits per heavy atom. The molecule has 0 aromatic carbocycles. The topological polar surface area (TPSA) is 72.7 Å². The molecule has 0 aliphatic heterocycles. The van der Waals surface area contributed by atoms with Gasteiger partial charge in [0.1, 0.15) is 5.52 Å². The quantitative estimate of drug-likeness (QED) is 0.859. The van der Waals surface area contributed by atoms with Gasteiger partial charge in [0, 0.05) is 20.0 Å². The van der Waals surface area contributed by atoms with Crippen LogP contribution in [0.3, 0.4) is 0 Å². The molecule has 3 rings (SSSR count). The van der Waals surface area contributed by atoms with Crippen LogP contribution in [0.25, 0.3) is 11.2 Å². The fourth-order valence-electron chi connectivity index (χ4n) is 3.18. The molecule has 22 heavy (non-hydrogen) atoms. The van der Waals surface area contributed by atoms with Crippen LogP contribution < -0.4 is 5.32 Å². The Labute approximate surface area is 130 Å². The Bertz CT molecular complexity index is 672. The highest BCUT2D eigenvalue weighted by molar-refractivity contribution is 5.91. The van der Waals surface area contributed by atoms with Crippen LogP contribution >= 0.6 is 0 Å². The number of carbonyl (C=O) groups is 1. The van der Waals surface area contributed by atoms with Crippen molar-refractivity contribution in [3.63, 3.8) is 0 Å². The monoisotopic (exact) mass is 301 g/mol. The number of nitrogens with zero attached hydrogens (tertiary/aromatic N) is 4. The highest BCUT2D eigenvalue weighted by Crippen LogP contribution is 2.28. The second-order valence-electron chi connectivity index (χ2n) is 6.04. The first kappa shape index (κ1) is 14.9. The van der Waals surface area contributed by atoms with Crippen LogP contribution in [0.5, 0.6) is 0 Å². The molecular formula is C16H23N5O. The maximum atomic E-state index is 11.6. The number of aromatic nitrogens is 4. The number of anilines is 1. The van der Waals surface area contributed by atoms with E-state index in [1.807, 2.05) is 0 Å². The Balaban J connectivity index is 2.00. The van der Waals surface area contributed by atoms with Crippen LogP contribution in [-0.4, -0.2) is 31.8 Å². The van der Waals surface area contributed by atoms with Gasteiger partial charge in [-0.2, -0.15) is 0 Å². The van der Waals surface area contributed by atoms with Gasteiger partial charge in [-0.15, -0.1) is 0 Å². The summed E-state index contributed by atoms with van der Waals surface area (Å²) in [6.45, 7) is 5.26. The number of rotatable bonds is 5. The van der Waals surface area contributed by atoms with Gasteiger partial charge in [0.25, 0.3) is 0 Å². The Hall–Kier alpha value is -1.98. The van der Waals surface area contributed by atoms with E-state index in [0.717, 1.165) is 30.2 Å². The zero-order valence-corrected chi connectivity index (χ0v) is 13.3. The van der Waals surface area contributed by atoms with Gasteiger partial charge in [-0.05, 0) is 25.7 Å². The molecule has 118 valence electrons. The van der Waals surface area contributed by atoms with E-state index in [9.17, 15) is 4.79 Å². The summed E-state index contributed by atoms with van der Waals surface area (Å²) >= 11 is 0. The third-order valence-corrected chi connectivity index (χ3v) is 4.30. The maximum absolute atomic E-state index is 11.6. The first-order valence-electron chi connectivity index (χ1n) is 8.17. The van der Waals surface area contributed by atoms with Crippen molar-refractivity contribution < 1.29 is 4.79 Å². The zero-order chi connectivity index (χ0) is 15.5. The molecule has 1 saturated carbocycles. The summed E-state index contributed by atoms with van der Waals surface area (Å²) in [5.74, 6) is 1.65. The number of nitrogens with one attached hydrogen (secondary N) is 1. The third kappa shape index (κ3) is 2.96. The molecule has 0 atom stereocenters. The molecule has 0 radical (unpaired) electrons. The molecule has 1 fully saturated rings. The van der Waals surface area contributed by atoms with Crippen LogP contribution in [0, 0.1) is 5.92 Å². The van der Waals surface area contributed by atoms with Crippen molar-refractivity contribution in [2.45, 2.75) is 52.5 Å². The molecule has 1 aliphatic carbocycles. The second kappa shape index (κ2) is 6.42. The van der Waals surface area contributed by atoms with Crippen LogP contribution in [0.1, 0.15) is 56.6 Å². The molecule has 2 heterocycles. The average Bonchev–Trinajstić information content (AvgIpc) is 2.86. The Morgan fingerprint density at radius 3 is 2.77 bits per heavy atom. The van der Waals surface area contributed by atoms with E-state index in [2.05, 4.69) is 31.8 Å². The maximum Gasteiger partial charge on any atom is 0.205 e. The number of hydrogen-bond donors (Lipinski definition) is 1. The molecular weight excluding hydrogens is 278 g/mol. The van der Waals surface area contributed by atoms with Gasteiger partial charge in [-0.3, -0.25) is 9.36 Å². The van der Waals surface area contributed by atoms with Crippen LogP contribution in [0.15, 0.2) is 6.20 Å². The summed E-state index contributed by atoms with van der Waals surface area (Å²) in [5.41, 5.74) is 1.51. The van der Waals surface area contributed by atoms with E-state index in [1.165, 1.54) is 39.0 Å². The number of Topliss-reactive ketones (excluding diaryl/α,β-unsaturated/α-hetero) is 1. The summed E-state index contributed by atoms with van der Waals surface area (Å²) in [7, 11) is 0. The lowest BCUT2D eigenvalue weighted by molar-refractivity contribution is 0.100. The van der Waals surface area contributed by atoms with E-state index in [0.29, 0.717) is 5.92 Å². The molecule has 2 aromatic rings. The lowest BCUT2D eigenvalue weighted by atomic mass is 9.89. The minimum Gasteiger partial charge on any atom is -0.356 e. The largest absolute Gasteiger partial charge is 0.356 e. The fraction of sp³-hybridized carbons (Fsp3) is 0.625. The van der Waals surface area contributed by atoms with Crippen LogP contribution in [0.2, 0.25) is 0 Å². The molecule has 0 spiro atoms. The molecule has 0 unspecified atom stereocenters. The van der Waals surface area contributed by atoms with Crippen LogP contribution in [0.4, 0.5) is 5.95 Å². The van der Waals surface area contributed by atoms with Gasteiger partial charge in [0.15, 0.2) is 17.3 Å². The van der Waals surface area contributed by atoms with E-state index in [1.54, 1.807) is 6.20 Å². The summed E-state index contributed by atoms with van der Waals surface area (Å²) in [4.78, 5) is 24.7. The molecule has 6 heteroatoms. The lowest BCUT2D eigenvalue weighted by Gasteiger charge is -2.23. The van der Waals surface area contributed by atoms with Gasteiger partial charge in [-0.1, -0.05) is 19.3 Å². The van der Waals surface area contributed by atoms with Crippen molar-refractivity contribution in [1.29, 1.82) is 0 Å². The van der Waals surface area contributed by atoms with Gasteiger partial charge in [0.05, 0.1) is 6.20 Å². The van der Waals surface area contributed by atoms with Gasteiger partial charge < -0.3 is 5.32 Å². The summed E-state index contributed by atoms with van der Waals surface area (Å²) < 4.78 is 2.13. The summed E-state index contributed by atoms with van der Waals surface area (Å²) in [6, 6.07) is 0. The summed E-state index contributed by atoms with van der Waals surface area (Å²) in [6.07, 6.45) is 8.13. The molecule has 0 bridgehead atoms. The minimum absolute atomic E-state index is 0.114. The van der Waals surface area contributed by atoms with Crippen molar-refractivity contribution in [1.82, 2.24) is 19.5 Å². The fourth-order valence-corrected chi connectivity index (χ4v) is 3.18. The van der Waals surface area contributed by atoms with Crippen molar-refractivity contribution in [3.8, 4) is 0 Å². The average molecular weight is 301 g/mol. The number of carbonyl (C=O) groups excluding carboxylic acids is 1. The smallest absolute Gasteiger partial charge is 0.205 e. The van der Waals surface area contributed by atoms with Gasteiger partial charge in [-0.25, -0.2) is 15.0 Å². The standard InChI is InChI=1S/C16H23N5O/c1-3-17-16-19-13-9-18-14(11(2)22)20-15(13)21(16)10-12-7-5-4-6-8-12/h9,12H,3-8,10H2,1-2H3,(H,17,19). The Kier molecular flexibility index (Phi) is 4.36. The second-order valence-corrected chi connectivity index (χ2v) is 6.04. The zero-order valence-electron chi connectivity index (χ0n) is 13.3. The first-order valence-corrected chi connectivity index (χ1v) is 8.17. The predicted molar refractivity (Wildman–Crippen MR) is 86.1 cm³/mol. The van der Waals surface area contributed by atoms with E-state index < -0.39 is 0 Å². The van der Waals surface area contributed by atoms with Gasteiger partial charge in [0.2, 0.25) is 5.95 Å². The van der Waals surface area contributed by atoms with E-state index in [4.69, 9.17) is 0 Å². The highest BCUT2D eigenvalue weighted by Gasteiger charge is 2.19. The SMILES string of the molecule is CCNc1nc2cnc(C(C)=O)nc2n1CC1CCCCC1. The predicted octanol–water partition coefficient (Wildman–Crippen LogP) is 3.04. The lowest BCUT2D eigenvalue weighted by Crippen LogP contribution is -2.17. The normalized spacial score (nSPS) is 16.1. The molecule has 6 nitrogen and oxygen atoms in total. The van der Waals surface area contributed by atoms with Crippen molar-refractivity contribution in [2.24, 2.45) is 5.92 Å². The van der Waals surface area contributed by atoms with Crippen molar-refractivity contribution in [2.75, 3.05) is 11.9 Å². The van der Waals surface area contributed by atoms with Crippen molar-refractivity contribution in [3.05, 3.63) is 12.0 Å². The molecule has 2 aromatic heterocycles. The molecule has 1 aliphatic rings. The molecule has 1 N–H and O–H groups in total. The van der Waals surface area contributed by atoms with Gasteiger partial charge >= 0.3 is 0 Å². The third-order valence-electron chi connectivity index (χ3n) is 4.30. The number of ketones is 1. The minimum atomic E-state index is -0.114. The van der Waals surface area contributed by atoms with E-state index in [-0.39, 0.29) is 11.6 Å². The Morgan fingerprint density at radius 2 is 2.09 bits per heavy atom.